The molecule has 0 aliphatic rings. The Morgan fingerprint density at radius 1 is 1.03 bits per heavy atom. The number of aromatic amines is 1. The number of pyridine rings is 1. The highest BCUT2D eigenvalue weighted by Gasteiger charge is 2.21. The van der Waals surface area contributed by atoms with Crippen LogP contribution in [-0.2, 0) is 4.79 Å². The van der Waals surface area contributed by atoms with Gasteiger partial charge >= 0.3 is 0 Å². The van der Waals surface area contributed by atoms with E-state index in [-0.39, 0.29) is 5.56 Å². The molecule has 158 valence electrons. The molecule has 1 unspecified atom stereocenters. The van der Waals surface area contributed by atoms with Gasteiger partial charge in [-0.2, -0.15) is 0 Å². The summed E-state index contributed by atoms with van der Waals surface area (Å²) in [6.07, 6.45) is 1.70. The van der Waals surface area contributed by atoms with E-state index in [1.54, 1.807) is 30.5 Å². The molecule has 2 aromatic carbocycles. The number of imidazole rings is 1. The number of nitrogens with two attached hydrogens (primary N) is 1. The Morgan fingerprint density at radius 2 is 1.81 bits per heavy atom. The van der Waals surface area contributed by atoms with Crippen LogP contribution in [0.3, 0.4) is 0 Å². The van der Waals surface area contributed by atoms with Gasteiger partial charge in [0.2, 0.25) is 5.91 Å². The van der Waals surface area contributed by atoms with Crippen LogP contribution in [0.1, 0.15) is 17.0 Å². The maximum absolute atomic E-state index is 12.4. The van der Waals surface area contributed by atoms with Crippen molar-refractivity contribution in [3.63, 3.8) is 0 Å². The number of rotatable bonds is 5. The zero-order valence-electron chi connectivity index (χ0n) is 16.7. The van der Waals surface area contributed by atoms with Crippen LogP contribution >= 0.6 is 22.9 Å². The standard InChI is InChI=1S/C24H17ClN4O2S/c25-20-11-10-19(32-20)24-27-17-9-6-15(13-18(17)28-24)22(23(26)31)14-4-7-16(8-5-14)29-12-2-1-3-21(29)30/h1-13,22H,(H2,26,31)(H,27,28). The van der Waals surface area contributed by atoms with E-state index in [0.717, 1.165) is 32.9 Å². The number of halogens is 1. The van der Waals surface area contributed by atoms with E-state index in [9.17, 15) is 9.59 Å². The lowest BCUT2D eigenvalue weighted by molar-refractivity contribution is -0.118. The van der Waals surface area contributed by atoms with Gasteiger partial charge in [0.15, 0.2) is 0 Å². The monoisotopic (exact) mass is 460 g/mol. The Morgan fingerprint density at radius 3 is 2.50 bits per heavy atom. The molecule has 0 aliphatic carbocycles. The summed E-state index contributed by atoms with van der Waals surface area (Å²) in [7, 11) is 0. The van der Waals surface area contributed by atoms with Crippen molar-refractivity contribution < 1.29 is 4.79 Å². The third-order valence-corrected chi connectivity index (χ3v) is 6.50. The van der Waals surface area contributed by atoms with E-state index in [1.807, 2.05) is 42.5 Å². The third-order valence-electron chi connectivity index (χ3n) is 5.26. The van der Waals surface area contributed by atoms with Gasteiger partial charge < -0.3 is 10.7 Å². The molecule has 0 radical (unpaired) electrons. The Labute approximate surface area is 191 Å². The van der Waals surface area contributed by atoms with E-state index in [1.165, 1.54) is 22.0 Å². The minimum Gasteiger partial charge on any atom is -0.369 e. The van der Waals surface area contributed by atoms with E-state index >= 15 is 0 Å². The van der Waals surface area contributed by atoms with E-state index in [4.69, 9.17) is 17.3 Å². The lowest BCUT2D eigenvalue weighted by Crippen LogP contribution is -2.22. The number of fused-ring (bicyclic) bond motifs is 1. The van der Waals surface area contributed by atoms with Gasteiger partial charge in [-0.1, -0.05) is 35.9 Å². The van der Waals surface area contributed by atoms with Crippen LogP contribution in [0, 0.1) is 0 Å². The fraction of sp³-hybridized carbons (Fsp3) is 0.0417. The fourth-order valence-electron chi connectivity index (χ4n) is 3.75. The molecule has 5 aromatic rings. The number of aromatic nitrogens is 3. The number of carbonyl (C=O) groups is 1. The first-order valence-corrected chi connectivity index (χ1v) is 11.0. The molecular formula is C24H17ClN4O2S. The molecule has 6 nitrogen and oxygen atoms in total. The van der Waals surface area contributed by atoms with Crippen molar-refractivity contribution in [1.82, 2.24) is 14.5 Å². The van der Waals surface area contributed by atoms with Crippen molar-refractivity contribution in [2.24, 2.45) is 5.73 Å². The van der Waals surface area contributed by atoms with Crippen LogP contribution in [-0.4, -0.2) is 20.4 Å². The van der Waals surface area contributed by atoms with Crippen LogP contribution in [0.5, 0.6) is 0 Å². The summed E-state index contributed by atoms with van der Waals surface area (Å²) in [5.74, 6) is -0.370. The molecule has 0 aliphatic heterocycles. The largest absolute Gasteiger partial charge is 0.369 e. The predicted octanol–water partition coefficient (Wildman–Crippen LogP) is 4.71. The highest BCUT2D eigenvalue weighted by molar-refractivity contribution is 7.19. The molecule has 1 amide bonds. The van der Waals surface area contributed by atoms with Crippen molar-refractivity contribution in [2.45, 2.75) is 5.92 Å². The number of thiophene rings is 1. The smallest absolute Gasteiger partial charge is 0.255 e. The number of nitrogens with zero attached hydrogens (tertiary/aromatic N) is 2. The van der Waals surface area contributed by atoms with Gasteiger partial charge in [0.05, 0.1) is 26.2 Å². The molecule has 0 fully saturated rings. The number of primary amides is 1. The second kappa shape index (κ2) is 8.11. The maximum atomic E-state index is 12.4. The van der Waals surface area contributed by atoms with Gasteiger partial charge in [-0.25, -0.2) is 4.98 Å². The molecule has 3 N–H and O–H groups in total. The number of nitrogens with one attached hydrogen (secondary N) is 1. The highest BCUT2D eigenvalue weighted by atomic mass is 35.5. The van der Waals surface area contributed by atoms with Crippen LogP contribution in [0.2, 0.25) is 4.34 Å². The summed E-state index contributed by atoms with van der Waals surface area (Å²) < 4.78 is 2.23. The van der Waals surface area contributed by atoms with Crippen molar-refractivity contribution in [3.05, 3.63) is 105 Å². The number of H-pyrrole nitrogens is 1. The van der Waals surface area contributed by atoms with E-state index in [0.29, 0.717) is 10.0 Å². The number of benzene rings is 2. The van der Waals surface area contributed by atoms with Crippen molar-refractivity contribution in [1.29, 1.82) is 0 Å². The first kappa shape index (κ1) is 20.2. The zero-order chi connectivity index (χ0) is 22.2. The van der Waals surface area contributed by atoms with Crippen LogP contribution in [0.15, 0.2) is 83.8 Å². The Kier molecular flexibility index (Phi) is 5.13. The number of hydrogen-bond donors (Lipinski definition) is 2. The molecule has 1 atom stereocenters. The lowest BCUT2D eigenvalue weighted by Gasteiger charge is -2.15. The van der Waals surface area contributed by atoms with Gasteiger partial charge in [-0.15, -0.1) is 11.3 Å². The minimum absolute atomic E-state index is 0.126. The van der Waals surface area contributed by atoms with E-state index in [2.05, 4.69) is 9.97 Å². The van der Waals surface area contributed by atoms with Crippen molar-refractivity contribution in [2.75, 3.05) is 0 Å². The van der Waals surface area contributed by atoms with Crippen LogP contribution in [0.25, 0.3) is 27.4 Å². The SMILES string of the molecule is NC(=O)C(c1ccc(-n2ccccc2=O)cc1)c1ccc2nc(-c3ccc(Cl)s3)[nH]c2c1. The van der Waals surface area contributed by atoms with Gasteiger partial charge in [-0.3, -0.25) is 14.2 Å². The Balaban J connectivity index is 1.51. The van der Waals surface area contributed by atoms with Gasteiger partial charge in [-0.05, 0) is 53.6 Å². The quantitative estimate of drug-likeness (QED) is 0.397. The van der Waals surface area contributed by atoms with Crippen LogP contribution in [0.4, 0.5) is 0 Å². The normalized spacial score (nSPS) is 12.2. The topological polar surface area (TPSA) is 93.8 Å². The van der Waals surface area contributed by atoms with Crippen molar-refractivity contribution in [3.8, 4) is 16.4 Å². The highest BCUT2D eigenvalue weighted by Crippen LogP contribution is 2.32. The summed E-state index contributed by atoms with van der Waals surface area (Å²) in [6, 6.07) is 21.6. The van der Waals surface area contributed by atoms with Gasteiger partial charge in [0, 0.05) is 18.0 Å². The van der Waals surface area contributed by atoms with E-state index < -0.39 is 11.8 Å². The van der Waals surface area contributed by atoms with Gasteiger partial charge in [0.25, 0.3) is 5.56 Å². The summed E-state index contributed by atoms with van der Waals surface area (Å²) in [6.45, 7) is 0. The minimum atomic E-state index is -0.635. The Hall–Kier alpha value is -3.68. The number of amides is 1. The first-order chi connectivity index (χ1) is 15.5. The predicted molar refractivity (Wildman–Crippen MR) is 127 cm³/mol. The molecule has 8 heteroatoms. The summed E-state index contributed by atoms with van der Waals surface area (Å²) in [5, 5.41) is 0. The second-order valence-electron chi connectivity index (χ2n) is 7.30. The average Bonchev–Trinajstić information content (AvgIpc) is 3.40. The maximum Gasteiger partial charge on any atom is 0.255 e. The molecule has 0 saturated heterocycles. The Bertz CT molecular complexity index is 1500. The van der Waals surface area contributed by atoms with Gasteiger partial charge in [0.1, 0.15) is 5.82 Å². The lowest BCUT2D eigenvalue weighted by atomic mass is 9.90. The fourth-order valence-corrected chi connectivity index (χ4v) is 4.74. The molecule has 32 heavy (non-hydrogen) atoms. The van der Waals surface area contributed by atoms with Crippen LogP contribution < -0.4 is 11.3 Å². The summed E-state index contributed by atoms with van der Waals surface area (Å²) >= 11 is 7.49. The number of hydrogen-bond acceptors (Lipinski definition) is 4. The molecular weight excluding hydrogens is 444 g/mol. The second-order valence-corrected chi connectivity index (χ2v) is 9.02. The molecule has 0 bridgehead atoms. The summed E-state index contributed by atoms with van der Waals surface area (Å²) in [5.41, 5.74) is 9.47. The zero-order valence-corrected chi connectivity index (χ0v) is 18.2. The average molecular weight is 461 g/mol. The third kappa shape index (κ3) is 3.72. The molecule has 3 aromatic heterocycles. The summed E-state index contributed by atoms with van der Waals surface area (Å²) in [4.78, 5) is 33.3. The molecule has 3 heterocycles. The molecule has 0 saturated carbocycles. The molecule has 5 rings (SSSR count). The first-order valence-electron chi connectivity index (χ1n) is 9.82. The van der Waals surface area contributed by atoms with Crippen molar-refractivity contribution >= 4 is 39.9 Å². The number of carbonyl (C=O) groups excluding carboxylic acids is 1. The molecule has 0 spiro atoms.